The summed E-state index contributed by atoms with van der Waals surface area (Å²) >= 11 is 9.36. The monoisotopic (exact) mass is 304 g/mol. The lowest BCUT2D eigenvalue weighted by atomic mass is 10.1. The molecule has 0 N–H and O–H groups in total. The molecule has 0 saturated carbocycles. The van der Waals surface area contributed by atoms with Gasteiger partial charge in [-0.2, -0.15) is 0 Å². The van der Waals surface area contributed by atoms with Crippen LogP contribution in [0, 0.1) is 0 Å². The van der Waals surface area contributed by atoms with Crippen LogP contribution in [0.5, 0.6) is 0 Å². The van der Waals surface area contributed by atoms with Crippen LogP contribution in [0.4, 0.5) is 0 Å². The first-order valence-corrected chi connectivity index (χ1v) is 6.18. The highest BCUT2D eigenvalue weighted by Crippen LogP contribution is 2.22. The number of Topliss-reactive ketones (excluding diaryl/α,β-unsaturated/α-hetero) is 1. The molecule has 1 unspecified atom stereocenters. The van der Waals surface area contributed by atoms with E-state index in [0.29, 0.717) is 17.9 Å². The van der Waals surface area contributed by atoms with Crippen molar-refractivity contribution in [2.45, 2.75) is 25.9 Å². The first-order valence-electron chi connectivity index (χ1n) is 5.01. The number of benzene rings is 1. The Hall–Kier alpha value is -0.380. The minimum absolute atomic E-state index is 0.0401. The molecule has 1 aromatic carbocycles. The van der Waals surface area contributed by atoms with Crippen LogP contribution in [0.3, 0.4) is 0 Å². The van der Waals surface area contributed by atoms with Gasteiger partial charge in [0, 0.05) is 29.4 Å². The van der Waals surface area contributed by atoms with Crippen LogP contribution < -0.4 is 0 Å². The Morgan fingerprint density at radius 3 is 2.81 bits per heavy atom. The lowest BCUT2D eigenvalue weighted by Crippen LogP contribution is -2.14. The van der Waals surface area contributed by atoms with Gasteiger partial charge in [0.2, 0.25) is 0 Å². The molecular formula is C12H14BrClO2. The minimum Gasteiger partial charge on any atom is -0.381 e. The second-order valence-corrected chi connectivity index (χ2v) is 5.02. The van der Waals surface area contributed by atoms with E-state index in [0.717, 1.165) is 10.0 Å². The zero-order valence-electron chi connectivity index (χ0n) is 9.30. The van der Waals surface area contributed by atoms with Crippen LogP contribution in [0.15, 0.2) is 22.7 Å². The second kappa shape index (κ2) is 6.38. The topological polar surface area (TPSA) is 26.3 Å². The third kappa shape index (κ3) is 4.24. The van der Waals surface area contributed by atoms with Gasteiger partial charge < -0.3 is 4.74 Å². The first kappa shape index (κ1) is 13.7. The van der Waals surface area contributed by atoms with Gasteiger partial charge in [-0.1, -0.05) is 33.6 Å². The molecule has 0 aromatic heterocycles. The molecule has 1 aromatic rings. The van der Waals surface area contributed by atoms with Gasteiger partial charge in [-0.25, -0.2) is 0 Å². The van der Waals surface area contributed by atoms with Gasteiger partial charge >= 0.3 is 0 Å². The quantitative estimate of drug-likeness (QED) is 0.830. The fraction of sp³-hybridized carbons (Fsp3) is 0.417. The maximum absolute atomic E-state index is 11.7. The van der Waals surface area contributed by atoms with Crippen molar-refractivity contribution in [3.05, 3.63) is 33.3 Å². The molecule has 0 amide bonds. The van der Waals surface area contributed by atoms with Gasteiger partial charge in [0.05, 0.1) is 6.10 Å². The van der Waals surface area contributed by atoms with Crippen molar-refractivity contribution in [2.24, 2.45) is 0 Å². The summed E-state index contributed by atoms with van der Waals surface area (Å²) in [6.45, 7) is 1.88. The van der Waals surface area contributed by atoms with Crippen LogP contribution in [0.1, 0.15) is 18.9 Å². The van der Waals surface area contributed by atoms with Crippen molar-refractivity contribution in [3.8, 4) is 0 Å². The van der Waals surface area contributed by atoms with Gasteiger partial charge in [-0.05, 0) is 24.6 Å². The highest BCUT2D eigenvalue weighted by Gasteiger charge is 2.11. The highest BCUT2D eigenvalue weighted by molar-refractivity contribution is 9.10. The summed E-state index contributed by atoms with van der Waals surface area (Å²) in [5.41, 5.74) is 0.859. The minimum atomic E-state index is -0.0401. The van der Waals surface area contributed by atoms with E-state index in [2.05, 4.69) is 15.9 Å². The third-order valence-corrected chi connectivity index (χ3v) is 3.17. The Kier molecular flexibility index (Phi) is 5.46. The zero-order valence-corrected chi connectivity index (χ0v) is 11.6. The molecule has 2 nitrogen and oxygen atoms in total. The van der Waals surface area contributed by atoms with Gasteiger partial charge in [0.15, 0.2) is 0 Å². The average Bonchev–Trinajstić information content (AvgIpc) is 2.22. The van der Waals surface area contributed by atoms with Crippen molar-refractivity contribution in [1.82, 2.24) is 0 Å². The Balaban J connectivity index is 2.63. The number of rotatable bonds is 5. The van der Waals surface area contributed by atoms with E-state index in [1.165, 1.54) is 0 Å². The Labute approximate surface area is 109 Å². The SMILES string of the molecule is COC(C)CC(=O)Cc1ccc(Br)cc1Cl. The van der Waals surface area contributed by atoms with E-state index >= 15 is 0 Å². The molecule has 0 fully saturated rings. The Morgan fingerprint density at radius 2 is 2.25 bits per heavy atom. The normalized spacial score (nSPS) is 12.5. The lowest BCUT2D eigenvalue weighted by molar-refractivity contribution is -0.120. The van der Waals surface area contributed by atoms with Crippen LogP contribution in [-0.2, 0) is 16.0 Å². The predicted molar refractivity (Wildman–Crippen MR) is 69.0 cm³/mol. The second-order valence-electron chi connectivity index (χ2n) is 3.70. The summed E-state index contributed by atoms with van der Waals surface area (Å²) in [5, 5.41) is 0.618. The largest absolute Gasteiger partial charge is 0.381 e. The molecule has 0 aliphatic heterocycles. The molecular weight excluding hydrogens is 291 g/mol. The van der Waals surface area contributed by atoms with Crippen LogP contribution in [-0.4, -0.2) is 19.0 Å². The molecule has 0 bridgehead atoms. The third-order valence-electron chi connectivity index (χ3n) is 2.32. The number of halogens is 2. The zero-order chi connectivity index (χ0) is 12.1. The van der Waals surface area contributed by atoms with Gasteiger partial charge in [0.25, 0.3) is 0 Å². The summed E-state index contributed by atoms with van der Waals surface area (Å²) in [7, 11) is 1.60. The van der Waals surface area contributed by atoms with Crippen molar-refractivity contribution in [2.75, 3.05) is 7.11 Å². The summed E-state index contributed by atoms with van der Waals surface area (Å²) < 4.78 is 5.96. The standard InChI is InChI=1S/C12H14BrClO2/c1-8(16-2)5-11(15)6-9-3-4-10(13)7-12(9)14/h3-4,7-8H,5-6H2,1-2H3. The van der Waals surface area contributed by atoms with Gasteiger partial charge in [-0.15, -0.1) is 0 Å². The summed E-state index contributed by atoms with van der Waals surface area (Å²) in [4.78, 5) is 11.7. The van der Waals surface area contributed by atoms with Crippen LogP contribution in [0.25, 0.3) is 0 Å². The summed E-state index contributed by atoms with van der Waals surface area (Å²) in [6, 6.07) is 5.54. The molecule has 0 radical (unpaired) electrons. The fourth-order valence-corrected chi connectivity index (χ4v) is 2.09. The maximum Gasteiger partial charge on any atom is 0.139 e. The van der Waals surface area contributed by atoms with Crippen molar-refractivity contribution in [3.63, 3.8) is 0 Å². The first-order chi connectivity index (χ1) is 7.52. The maximum atomic E-state index is 11.7. The van der Waals surface area contributed by atoms with Crippen molar-refractivity contribution >= 4 is 33.3 Å². The van der Waals surface area contributed by atoms with E-state index in [1.807, 2.05) is 19.1 Å². The molecule has 1 rings (SSSR count). The average molecular weight is 306 g/mol. The van der Waals surface area contributed by atoms with E-state index in [9.17, 15) is 4.79 Å². The Morgan fingerprint density at radius 1 is 1.56 bits per heavy atom. The molecule has 16 heavy (non-hydrogen) atoms. The van der Waals surface area contributed by atoms with E-state index in [-0.39, 0.29) is 11.9 Å². The lowest BCUT2D eigenvalue weighted by Gasteiger charge is -2.09. The fourth-order valence-electron chi connectivity index (χ4n) is 1.35. The number of ether oxygens (including phenoxy) is 1. The van der Waals surface area contributed by atoms with E-state index in [4.69, 9.17) is 16.3 Å². The van der Waals surface area contributed by atoms with Gasteiger partial charge in [-0.3, -0.25) is 4.79 Å². The van der Waals surface area contributed by atoms with E-state index in [1.54, 1.807) is 13.2 Å². The van der Waals surface area contributed by atoms with E-state index < -0.39 is 0 Å². The molecule has 0 aliphatic rings. The molecule has 88 valence electrons. The summed E-state index contributed by atoms with van der Waals surface area (Å²) in [6.07, 6.45) is 0.740. The number of carbonyl (C=O) groups is 1. The molecule has 1 atom stereocenters. The smallest absolute Gasteiger partial charge is 0.139 e. The number of ketones is 1. The number of hydrogen-bond acceptors (Lipinski definition) is 2. The van der Waals surface area contributed by atoms with Crippen molar-refractivity contribution in [1.29, 1.82) is 0 Å². The number of carbonyl (C=O) groups excluding carboxylic acids is 1. The van der Waals surface area contributed by atoms with Crippen molar-refractivity contribution < 1.29 is 9.53 Å². The molecule has 0 heterocycles. The van der Waals surface area contributed by atoms with Crippen LogP contribution >= 0.6 is 27.5 Å². The number of hydrogen-bond donors (Lipinski definition) is 0. The molecule has 0 aliphatic carbocycles. The van der Waals surface area contributed by atoms with Gasteiger partial charge in [0.1, 0.15) is 5.78 Å². The highest BCUT2D eigenvalue weighted by atomic mass is 79.9. The molecule has 4 heteroatoms. The Bertz CT molecular complexity index is 379. The number of methoxy groups -OCH3 is 1. The molecule has 0 spiro atoms. The molecule has 0 saturated heterocycles. The summed E-state index contributed by atoms with van der Waals surface area (Å²) in [5.74, 6) is 0.138. The predicted octanol–water partition coefficient (Wildman–Crippen LogP) is 3.64. The van der Waals surface area contributed by atoms with Crippen LogP contribution in [0.2, 0.25) is 5.02 Å².